The zero-order chi connectivity index (χ0) is 47.8. The van der Waals surface area contributed by atoms with Crippen LogP contribution in [0.4, 0.5) is 0 Å². The highest BCUT2D eigenvalue weighted by Crippen LogP contribution is 2.41. The summed E-state index contributed by atoms with van der Waals surface area (Å²) in [4.78, 5) is 0. The molecule has 0 aromatic heterocycles. The van der Waals surface area contributed by atoms with Crippen molar-refractivity contribution in [3.63, 3.8) is 0 Å². The van der Waals surface area contributed by atoms with E-state index in [4.69, 9.17) is 59.8 Å². The Morgan fingerprint density at radius 3 is 0.853 bits per heavy atom. The lowest BCUT2D eigenvalue weighted by atomic mass is 9.88. The van der Waals surface area contributed by atoms with Crippen molar-refractivity contribution in [2.45, 2.75) is 66.7 Å². The number of rotatable bonds is 18. The first-order valence-electron chi connectivity index (χ1n) is 24.3. The molecule has 12 bridgehead atoms. The summed E-state index contributed by atoms with van der Waals surface area (Å²) >= 11 is 0. The van der Waals surface area contributed by atoms with Crippen LogP contribution in [-0.4, -0.2) is 106 Å². The van der Waals surface area contributed by atoms with Gasteiger partial charge in [0.25, 0.3) is 0 Å². The van der Waals surface area contributed by atoms with Crippen LogP contribution in [-0.2, 0) is 51.1 Å². The minimum absolute atomic E-state index is 0.359. The van der Waals surface area contributed by atoms with E-state index in [9.17, 15) is 0 Å². The number of benzene rings is 5. The van der Waals surface area contributed by atoms with E-state index in [-0.39, 0.29) is 0 Å². The van der Waals surface area contributed by atoms with Gasteiger partial charge in [-0.25, -0.2) is 0 Å². The second kappa shape index (κ2) is 25.4. The summed E-state index contributed by atoms with van der Waals surface area (Å²) in [6.45, 7) is 17.3. The van der Waals surface area contributed by atoms with Crippen molar-refractivity contribution >= 4 is 0 Å². The van der Waals surface area contributed by atoms with Crippen molar-refractivity contribution in [3.05, 3.63) is 144 Å². The van der Waals surface area contributed by atoms with Crippen molar-refractivity contribution in [2.24, 2.45) is 17.2 Å². The average molecular weight is 932 g/mol. The van der Waals surface area contributed by atoms with Crippen molar-refractivity contribution in [1.29, 1.82) is 0 Å². The summed E-state index contributed by atoms with van der Waals surface area (Å²) in [5.74, 6) is 4.15. The van der Waals surface area contributed by atoms with Gasteiger partial charge in [0.15, 0.2) is 0 Å². The van der Waals surface area contributed by atoms with Crippen molar-refractivity contribution < 1.29 is 42.6 Å². The number of aryl methyl sites for hydroxylation is 5. The molecule has 366 valence electrons. The third-order valence-electron chi connectivity index (χ3n) is 12.0. The summed E-state index contributed by atoms with van der Waals surface area (Å²) in [5.41, 5.74) is 33.6. The summed E-state index contributed by atoms with van der Waals surface area (Å²) < 4.78 is 58.0. The SMILES string of the molecule is Cc1cc2c(OCCOCCN)c(c1)Cc1cc(C)cc3c1OCCOCCOc1c(cc(C)cc1Cc1cc(C)cc(c1OCCOCCN)C3)Cc1cc(C)cc(c1OCCOCCN)C2. The summed E-state index contributed by atoms with van der Waals surface area (Å²) in [5, 5.41) is 0. The maximum absolute atomic E-state index is 6.88. The van der Waals surface area contributed by atoms with E-state index in [2.05, 4.69) is 95.3 Å². The molecule has 0 amide bonds. The van der Waals surface area contributed by atoms with Crippen LogP contribution in [0.2, 0.25) is 0 Å². The number of fused-ring (bicyclic) bond motifs is 6. The summed E-state index contributed by atoms with van der Waals surface area (Å²) in [7, 11) is 0. The quantitative estimate of drug-likeness (QED) is 0.0582. The van der Waals surface area contributed by atoms with Crippen LogP contribution in [0.15, 0.2) is 60.7 Å². The lowest BCUT2D eigenvalue weighted by Crippen LogP contribution is -2.17. The minimum Gasteiger partial charge on any atom is -0.491 e. The molecule has 2 aliphatic heterocycles. The van der Waals surface area contributed by atoms with Gasteiger partial charge in [0.1, 0.15) is 61.8 Å². The van der Waals surface area contributed by atoms with Gasteiger partial charge in [0.05, 0.1) is 52.9 Å². The normalized spacial score (nSPS) is 13.8. The predicted molar refractivity (Wildman–Crippen MR) is 268 cm³/mol. The van der Waals surface area contributed by atoms with Gasteiger partial charge in [-0.1, -0.05) is 88.5 Å². The molecular formula is C56H73N3O9. The molecular weight excluding hydrogens is 859 g/mol. The first-order valence-corrected chi connectivity index (χ1v) is 24.3. The van der Waals surface area contributed by atoms with Gasteiger partial charge in [-0.2, -0.15) is 0 Å². The molecule has 0 unspecified atom stereocenters. The Balaban J connectivity index is 1.50. The highest BCUT2D eigenvalue weighted by molar-refractivity contribution is 5.59. The van der Waals surface area contributed by atoms with Gasteiger partial charge in [-0.05, 0) is 90.3 Å². The van der Waals surface area contributed by atoms with Gasteiger partial charge in [0, 0.05) is 51.7 Å². The molecule has 12 nitrogen and oxygen atoms in total. The van der Waals surface area contributed by atoms with E-state index >= 15 is 0 Å². The van der Waals surface area contributed by atoms with Gasteiger partial charge in [-0.15, -0.1) is 0 Å². The summed E-state index contributed by atoms with van der Waals surface area (Å²) in [6, 6.07) is 22.4. The molecule has 2 heterocycles. The fourth-order valence-corrected chi connectivity index (χ4v) is 9.58. The molecule has 0 saturated heterocycles. The first kappa shape index (κ1) is 50.7. The highest BCUT2D eigenvalue weighted by Gasteiger charge is 2.25. The molecule has 0 radical (unpaired) electrons. The Morgan fingerprint density at radius 1 is 0.338 bits per heavy atom. The van der Waals surface area contributed by atoms with Crippen LogP contribution in [0.25, 0.3) is 0 Å². The first-order chi connectivity index (χ1) is 33.1. The fraction of sp³-hybridized carbons (Fsp3) is 0.464. The minimum atomic E-state index is 0.359. The van der Waals surface area contributed by atoms with E-state index < -0.39 is 0 Å². The fourth-order valence-electron chi connectivity index (χ4n) is 9.58. The second-order valence-electron chi connectivity index (χ2n) is 18.0. The van der Waals surface area contributed by atoms with E-state index in [1.165, 1.54) is 0 Å². The Morgan fingerprint density at radius 2 is 0.588 bits per heavy atom. The molecule has 5 aromatic carbocycles. The molecule has 0 atom stereocenters. The predicted octanol–water partition coefficient (Wildman–Crippen LogP) is 7.35. The highest BCUT2D eigenvalue weighted by atomic mass is 16.5. The van der Waals surface area contributed by atoms with Crippen molar-refractivity contribution in [1.82, 2.24) is 0 Å². The molecule has 12 heteroatoms. The lowest BCUT2D eigenvalue weighted by molar-refractivity contribution is 0.0755. The third kappa shape index (κ3) is 13.7. The van der Waals surface area contributed by atoms with Gasteiger partial charge >= 0.3 is 0 Å². The molecule has 68 heavy (non-hydrogen) atoms. The lowest BCUT2D eigenvalue weighted by Gasteiger charge is -2.24. The number of hydrogen-bond acceptors (Lipinski definition) is 12. The Bertz CT molecular complexity index is 2300. The van der Waals surface area contributed by atoms with Crippen molar-refractivity contribution in [2.75, 3.05) is 106 Å². The molecule has 8 rings (SSSR count). The maximum atomic E-state index is 6.88. The van der Waals surface area contributed by atoms with Crippen LogP contribution in [0.3, 0.4) is 0 Å². The maximum Gasteiger partial charge on any atom is 0.126 e. The van der Waals surface area contributed by atoms with Crippen LogP contribution in [0.1, 0.15) is 83.5 Å². The monoisotopic (exact) mass is 932 g/mol. The molecule has 6 N–H and O–H groups in total. The van der Waals surface area contributed by atoms with E-state index in [1.54, 1.807) is 0 Å². The van der Waals surface area contributed by atoms with E-state index in [0.717, 1.165) is 112 Å². The molecule has 0 spiro atoms. The van der Waals surface area contributed by atoms with Crippen LogP contribution >= 0.6 is 0 Å². The molecule has 5 aromatic rings. The topological polar surface area (TPSA) is 161 Å². The van der Waals surface area contributed by atoms with Crippen LogP contribution in [0.5, 0.6) is 28.7 Å². The zero-order valence-corrected chi connectivity index (χ0v) is 41.0. The summed E-state index contributed by atoms with van der Waals surface area (Å²) in [6.07, 6.45) is 2.85. The molecule has 0 saturated carbocycles. The Hall–Kier alpha value is -5.18. The number of hydrogen-bond donors (Lipinski definition) is 3. The van der Waals surface area contributed by atoms with Gasteiger partial charge in [-0.3, -0.25) is 0 Å². The average Bonchev–Trinajstić information content (AvgIpc) is 3.28. The number of ether oxygens (including phenoxy) is 9. The molecule has 1 aliphatic carbocycles. The Labute approximate surface area is 403 Å². The smallest absolute Gasteiger partial charge is 0.126 e. The zero-order valence-electron chi connectivity index (χ0n) is 41.0. The largest absolute Gasteiger partial charge is 0.491 e. The number of nitrogens with two attached hydrogens (primary N) is 3. The van der Waals surface area contributed by atoms with Crippen LogP contribution in [0, 0.1) is 34.6 Å². The third-order valence-corrected chi connectivity index (χ3v) is 12.0. The van der Waals surface area contributed by atoms with Gasteiger partial charge in [0.2, 0.25) is 0 Å². The van der Waals surface area contributed by atoms with E-state index in [1.807, 2.05) is 0 Å². The second-order valence-corrected chi connectivity index (χ2v) is 18.0. The Kier molecular flexibility index (Phi) is 19.0. The molecule has 3 aliphatic rings. The van der Waals surface area contributed by atoms with Gasteiger partial charge < -0.3 is 59.8 Å². The van der Waals surface area contributed by atoms with Crippen LogP contribution < -0.4 is 40.9 Å². The standard InChI is InChI=1S/C56H73N3O9/c1-37-22-42-32-43-23-38(2)25-45(53(43)65-18-13-61-10-7-58)34-49-29-41(5)31-51-36-47-27-39(3)26-46(54(47)66-19-14-62-11-8-59)35-50-30-40(4)28-48(55(50)67-20-15-63-16-21-68-56(49)51)33-44(24-37)52(42)64-17-12-60-9-6-57/h22-31H,6-21,32-36,57-59H2,1-5H3. The molecule has 0 fully saturated rings. The van der Waals surface area contributed by atoms with Crippen molar-refractivity contribution in [3.8, 4) is 28.7 Å². The van der Waals surface area contributed by atoms with E-state index in [0.29, 0.717) is 138 Å².